The minimum atomic E-state index is -3.81. The Hall–Kier alpha value is -1.32. The van der Waals surface area contributed by atoms with Gasteiger partial charge in [-0.3, -0.25) is 4.72 Å². The van der Waals surface area contributed by atoms with Crippen LogP contribution in [0.4, 0.5) is 10.8 Å². The lowest BCUT2D eigenvalue weighted by Crippen LogP contribution is -2.14. The zero-order valence-corrected chi connectivity index (χ0v) is 13.9. The van der Waals surface area contributed by atoms with Gasteiger partial charge in [-0.25, -0.2) is 13.4 Å². The maximum atomic E-state index is 12.4. The van der Waals surface area contributed by atoms with Gasteiger partial charge in [-0.2, -0.15) is 0 Å². The van der Waals surface area contributed by atoms with Crippen LogP contribution in [-0.4, -0.2) is 20.5 Å². The molecule has 0 spiro atoms. The fourth-order valence-corrected chi connectivity index (χ4v) is 3.94. The first-order valence-corrected chi connectivity index (χ1v) is 8.57. The molecule has 0 aliphatic carbocycles. The monoisotopic (exact) mass is 377 g/mol. The Kier molecular flexibility index (Phi) is 4.21. The summed E-state index contributed by atoms with van der Waals surface area (Å²) in [4.78, 5) is 4.03. The van der Waals surface area contributed by atoms with E-state index >= 15 is 0 Å². The van der Waals surface area contributed by atoms with Gasteiger partial charge in [0.15, 0.2) is 5.13 Å². The van der Waals surface area contributed by atoms with Crippen LogP contribution in [0.25, 0.3) is 0 Å². The van der Waals surface area contributed by atoms with Gasteiger partial charge < -0.3 is 10.5 Å². The van der Waals surface area contributed by atoms with E-state index in [1.54, 1.807) is 12.3 Å². The van der Waals surface area contributed by atoms with Crippen molar-refractivity contribution < 1.29 is 13.2 Å². The molecule has 0 bridgehead atoms. The van der Waals surface area contributed by atoms with E-state index in [2.05, 4.69) is 25.6 Å². The Morgan fingerprint density at radius 2 is 2.15 bits per heavy atom. The minimum Gasteiger partial charge on any atom is -0.495 e. The Labute approximate surface area is 129 Å². The SMILES string of the molecule is COc1cc(Br)c(N)cc1S(=O)(=O)Nc1nc(C)cs1. The normalized spacial score (nSPS) is 11.3. The van der Waals surface area contributed by atoms with E-state index in [4.69, 9.17) is 10.5 Å². The quantitative estimate of drug-likeness (QED) is 0.798. The van der Waals surface area contributed by atoms with Gasteiger partial charge in [0, 0.05) is 15.5 Å². The van der Waals surface area contributed by atoms with Gasteiger partial charge >= 0.3 is 0 Å². The summed E-state index contributed by atoms with van der Waals surface area (Å²) < 4.78 is 32.8. The fourth-order valence-electron chi connectivity index (χ4n) is 1.49. The summed E-state index contributed by atoms with van der Waals surface area (Å²) in [6, 6.07) is 2.85. The highest BCUT2D eigenvalue weighted by Crippen LogP contribution is 2.33. The average molecular weight is 378 g/mol. The van der Waals surface area contributed by atoms with E-state index in [1.165, 1.54) is 30.6 Å². The number of nitrogens with two attached hydrogens (primary N) is 1. The van der Waals surface area contributed by atoms with Crippen molar-refractivity contribution in [2.75, 3.05) is 17.6 Å². The number of hydrogen-bond acceptors (Lipinski definition) is 6. The Balaban J connectivity index is 2.46. The van der Waals surface area contributed by atoms with Crippen LogP contribution in [0.3, 0.4) is 0 Å². The van der Waals surface area contributed by atoms with E-state index in [-0.39, 0.29) is 10.6 Å². The summed E-state index contributed by atoms with van der Waals surface area (Å²) in [6.45, 7) is 1.78. The third kappa shape index (κ3) is 3.05. The molecule has 1 heterocycles. The number of nitrogens with one attached hydrogen (secondary N) is 1. The smallest absolute Gasteiger partial charge is 0.267 e. The molecule has 0 fully saturated rings. The van der Waals surface area contributed by atoms with E-state index in [9.17, 15) is 8.42 Å². The first kappa shape index (κ1) is 15.1. The largest absolute Gasteiger partial charge is 0.495 e. The Bertz CT molecular complexity index is 743. The van der Waals surface area contributed by atoms with Crippen molar-refractivity contribution in [3.05, 3.63) is 27.7 Å². The minimum absolute atomic E-state index is 0.0337. The zero-order valence-electron chi connectivity index (χ0n) is 10.7. The van der Waals surface area contributed by atoms with Gasteiger partial charge in [-0.15, -0.1) is 11.3 Å². The standard InChI is InChI=1S/C11H12BrN3O3S2/c1-6-5-19-11(14-6)15-20(16,17)10-4-8(13)7(12)3-9(10)18-2/h3-5H,13H2,1-2H3,(H,14,15). The molecule has 20 heavy (non-hydrogen) atoms. The van der Waals surface area contributed by atoms with Gasteiger partial charge in [0.2, 0.25) is 0 Å². The fraction of sp³-hybridized carbons (Fsp3) is 0.182. The molecule has 0 radical (unpaired) electrons. The highest BCUT2D eigenvalue weighted by Gasteiger charge is 2.22. The molecule has 0 saturated heterocycles. The first-order valence-electron chi connectivity index (χ1n) is 5.41. The van der Waals surface area contributed by atoms with Gasteiger partial charge in [0.1, 0.15) is 10.6 Å². The summed E-state index contributed by atoms with van der Waals surface area (Å²) >= 11 is 4.44. The third-order valence-electron chi connectivity index (χ3n) is 2.41. The summed E-state index contributed by atoms with van der Waals surface area (Å²) in [5, 5.41) is 2.05. The number of ether oxygens (including phenoxy) is 1. The number of nitrogens with zero attached hydrogens (tertiary/aromatic N) is 1. The zero-order chi connectivity index (χ0) is 14.9. The molecule has 6 nitrogen and oxygen atoms in total. The van der Waals surface area contributed by atoms with Crippen molar-refractivity contribution in [2.45, 2.75) is 11.8 Å². The molecule has 2 rings (SSSR count). The number of nitrogen functional groups attached to an aromatic ring is 1. The van der Waals surface area contributed by atoms with Crippen molar-refractivity contribution in [3.8, 4) is 5.75 Å². The highest BCUT2D eigenvalue weighted by molar-refractivity contribution is 9.10. The van der Waals surface area contributed by atoms with Gasteiger partial charge in [-0.1, -0.05) is 0 Å². The lowest BCUT2D eigenvalue weighted by atomic mass is 10.3. The number of anilines is 2. The van der Waals surface area contributed by atoms with Gasteiger partial charge in [0.05, 0.1) is 12.8 Å². The number of hydrogen-bond donors (Lipinski definition) is 2. The molecule has 1 aromatic heterocycles. The number of sulfonamides is 1. The van der Waals surface area contributed by atoms with Crippen LogP contribution in [0, 0.1) is 6.92 Å². The summed E-state index contributed by atoms with van der Waals surface area (Å²) in [6.07, 6.45) is 0. The van der Waals surface area contributed by atoms with Crippen molar-refractivity contribution in [2.24, 2.45) is 0 Å². The molecule has 0 aliphatic rings. The predicted octanol–water partition coefficient (Wildman–Crippen LogP) is 2.61. The van der Waals surface area contributed by atoms with E-state index in [1.807, 2.05) is 0 Å². The molecule has 108 valence electrons. The average Bonchev–Trinajstić information content (AvgIpc) is 2.76. The molecule has 0 amide bonds. The molecule has 0 atom stereocenters. The number of aromatic nitrogens is 1. The second-order valence-corrected chi connectivity index (χ2v) is 7.29. The number of rotatable bonds is 4. The molecule has 2 aromatic rings. The molecule has 0 unspecified atom stereocenters. The van der Waals surface area contributed by atoms with Crippen LogP contribution in [-0.2, 0) is 10.0 Å². The van der Waals surface area contributed by atoms with E-state index in [0.29, 0.717) is 15.3 Å². The first-order chi connectivity index (χ1) is 9.33. The molecule has 1 aromatic carbocycles. The lowest BCUT2D eigenvalue weighted by molar-refractivity contribution is 0.402. The number of aryl methyl sites for hydroxylation is 1. The molecule has 9 heteroatoms. The van der Waals surface area contributed by atoms with Crippen LogP contribution in [0.1, 0.15) is 5.69 Å². The van der Waals surface area contributed by atoms with Crippen molar-refractivity contribution >= 4 is 48.1 Å². The van der Waals surface area contributed by atoms with Crippen LogP contribution in [0.2, 0.25) is 0 Å². The van der Waals surface area contributed by atoms with Crippen LogP contribution >= 0.6 is 27.3 Å². The van der Waals surface area contributed by atoms with Crippen molar-refractivity contribution in [3.63, 3.8) is 0 Å². The van der Waals surface area contributed by atoms with Crippen LogP contribution in [0.15, 0.2) is 26.9 Å². The highest BCUT2D eigenvalue weighted by atomic mass is 79.9. The second-order valence-electron chi connectivity index (χ2n) is 3.92. The third-order valence-corrected chi connectivity index (χ3v) is 5.46. The van der Waals surface area contributed by atoms with Gasteiger partial charge in [-0.05, 0) is 35.0 Å². The van der Waals surface area contributed by atoms with Crippen LogP contribution in [0.5, 0.6) is 5.75 Å². The number of halogens is 1. The number of thiazole rings is 1. The predicted molar refractivity (Wildman–Crippen MR) is 82.8 cm³/mol. The maximum Gasteiger partial charge on any atom is 0.267 e. The van der Waals surface area contributed by atoms with Gasteiger partial charge in [0.25, 0.3) is 10.0 Å². The van der Waals surface area contributed by atoms with Crippen molar-refractivity contribution in [1.29, 1.82) is 0 Å². The summed E-state index contributed by atoms with van der Waals surface area (Å²) in [5.41, 5.74) is 6.78. The molecule has 3 N–H and O–H groups in total. The second kappa shape index (κ2) is 5.58. The van der Waals surface area contributed by atoms with E-state index < -0.39 is 10.0 Å². The molecule has 0 saturated carbocycles. The molecular weight excluding hydrogens is 366 g/mol. The Morgan fingerprint density at radius 1 is 1.45 bits per heavy atom. The maximum absolute atomic E-state index is 12.4. The number of methoxy groups -OCH3 is 1. The Morgan fingerprint density at radius 3 is 2.70 bits per heavy atom. The summed E-state index contributed by atoms with van der Waals surface area (Å²) in [7, 11) is -2.42. The van der Waals surface area contributed by atoms with Crippen molar-refractivity contribution in [1.82, 2.24) is 4.98 Å². The van der Waals surface area contributed by atoms with E-state index in [0.717, 1.165) is 5.69 Å². The topological polar surface area (TPSA) is 94.3 Å². The molecule has 0 aliphatic heterocycles. The lowest BCUT2D eigenvalue weighted by Gasteiger charge is -2.11. The van der Waals surface area contributed by atoms with Crippen LogP contribution < -0.4 is 15.2 Å². The molecular formula is C11H12BrN3O3S2. The summed E-state index contributed by atoms with van der Waals surface area (Å²) in [5.74, 6) is 0.201. The number of benzene rings is 1.